The minimum atomic E-state index is -0.584. The molecule has 2 N–H and O–H groups in total. The number of tetrazole rings is 1. The molecule has 10 heteroatoms. The Labute approximate surface area is 149 Å². The molecular formula is C16H10FN7OS. The van der Waals surface area contributed by atoms with E-state index in [1.807, 2.05) is 17.5 Å². The molecule has 3 aromatic heterocycles. The van der Waals surface area contributed by atoms with Crippen LogP contribution in [-0.2, 0) is 0 Å². The van der Waals surface area contributed by atoms with Gasteiger partial charge in [0, 0.05) is 5.56 Å². The highest BCUT2D eigenvalue weighted by Gasteiger charge is 2.34. The molecule has 5 rings (SSSR count). The van der Waals surface area contributed by atoms with E-state index in [1.165, 1.54) is 28.2 Å². The molecule has 0 radical (unpaired) electrons. The number of aromatic nitrogens is 6. The Bertz CT molecular complexity index is 1170. The molecule has 128 valence electrons. The van der Waals surface area contributed by atoms with Crippen LogP contribution in [0.4, 0.5) is 16.0 Å². The third-order valence-electron chi connectivity index (χ3n) is 4.19. The number of nitrogens with one attached hydrogen (secondary N) is 2. The maximum atomic E-state index is 13.9. The zero-order chi connectivity index (χ0) is 17.7. The largest absolute Gasteiger partial charge is 0.318 e. The van der Waals surface area contributed by atoms with E-state index in [1.54, 1.807) is 12.1 Å². The topological polar surface area (TPSA) is 101 Å². The number of rotatable bonds is 2. The number of thiophene rings is 1. The summed E-state index contributed by atoms with van der Waals surface area (Å²) in [5.74, 6) is -0.0757. The first-order valence-corrected chi connectivity index (χ1v) is 8.57. The normalized spacial score (nSPS) is 15.2. The molecule has 0 unspecified atom stereocenters. The van der Waals surface area contributed by atoms with Crippen molar-refractivity contribution in [3.05, 3.63) is 69.1 Å². The molecule has 0 spiro atoms. The van der Waals surface area contributed by atoms with Crippen molar-refractivity contribution in [1.82, 2.24) is 30.4 Å². The Balaban J connectivity index is 1.85. The average Bonchev–Trinajstić information content (AvgIpc) is 3.32. The molecule has 26 heavy (non-hydrogen) atoms. The van der Waals surface area contributed by atoms with Crippen LogP contribution >= 0.6 is 11.3 Å². The van der Waals surface area contributed by atoms with Gasteiger partial charge in [0.25, 0.3) is 5.56 Å². The lowest BCUT2D eigenvalue weighted by atomic mass is 9.94. The van der Waals surface area contributed by atoms with Crippen LogP contribution in [-0.4, -0.2) is 30.4 Å². The third-order valence-corrected chi connectivity index (χ3v) is 5.06. The minimum Gasteiger partial charge on any atom is -0.318 e. The van der Waals surface area contributed by atoms with E-state index in [2.05, 4.69) is 31.0 Å². The molecule has 4 aromatic rings. The Morgan fingerprint density at radius 1 is 1.23 bits per heavy atom. The highest BCUT2D eigenvalue weighted by atomic mass is 32.1. The maximum Gasteiger partial charge on any atom is 0.288 e. The van der Waals surface area contributed by atoms with Crippen molar-refractivity contribution < 1.29 is 4.39 Å². The molecule has 0 saturated heterocycles. The van der Waals surface area contributed by atoms with Gasteiger partial charge < -0.3 is 5.32 Å². The lowest BCUT2D eigenvalue weighted by Crippen LogP contribution is -2.29. The van der Waals surface area contributed by atoms with E-state index in [9.17, 15) is 9.18 Å². The van der Waals surface area contributed by atoms with Crippen LogP contribution in [0.3, 0.4) is 0 Å². The number of anilines is 2. The fourth-order valence-electron chi connectivity index (χ4n) is 3.12. The summed E-state index contributed by atoms with van der Waals surface area (Å²) in [7, 11) is 0. The van der Waals surface area contributed by atoms with Gasteiger partial charge in [0.1, 0.15) is 23.2 Å². The molecule has 0 amide bonds. The molecule has 4 heterocycles. The van der Waals surface area contributed by atoms with Gasteiger partial charge in [0.15, 0.2) is 0 Å². The number of nitrogens with zero attached hydrogens (tertiary/aromatic N) is 5. The minimum absolute atomic E-state index is 0.306. The van der Waals surface area contributed by atoms with Gasteiger partial charge in [-0.05, 0) is 39.6 Å². The van der Waals surface area contributed by atoms with Gasteiger partial charge in [-0.1, -0.05) is 23.3 Å². The summed E-state index contributed by atoms with van der Waals surface area (Å²) in [5, 5.41) is 23.3. The number of halogens is 1. The molecule has 0 saturated carbocycles. The van der Waals surface area contributed by atoms with Gasteiger partial charge in [-0.25, -0.2) is 9.49 Å². The first-order valence-electron chi connectivity index (χ1n) is 7.69. The van der Waals surface area contributed by atoms with Crippen molar-refractivity contribution in [2.75, 3.05) is 5.32 Å². The second kappa shape index (κ2) is 5.56. The van der Waals surface area contributed by atoms with E-state index in [4.69, 9.17) is 0 Å². The van der Waals surface area contributed by atoms with Crippen molar-refractivity contribution in [2.45, 2.75) is 6.04 Å². The highest BCUT2D eigenvalue weighted by molar-refractivity contribution is 7.13. The first kappa shape index (κ1) is 14.9. The van der Waals surface area contributed by atoms with Crippen LogP contribution in [0, 0.1) is 5.82 Å². The molecule has 0 fully saturated rings. The predicted octanol–water partition coefficient (Wildman–Crippen LogP) is 2.32. The zero-order valence-corrected chi connectivity index (χ0v) is 13.9. The monoisotopic (exact) mass is 367 g/mol. The zero-order valence-electron chi connectivity index (χ0n) is 13.0. The summed E-state index contributed by atoms with van der Waals surface area (Å²) in [6, 6.07) is 9.37. The number of benzene rings is 1. The summed E-state index contributed by atoms with van der Waals surface area (Å²) in [5.41, 5.74) is 1.72. The number of H-pyrrole nitrogens is 1. The van der Waals surface area contributed by atoms with E-state index in [0.29, 0.717) is 28.5 Å². The number of hydrogen-bond donors (Lipinski definition) is 2. The van der Waals surface area contributed by atoms with Crippen molar-refractivity contribution >= 4 is 23.0 Å². The molecule has 1 aromatic carbocycles. The van der Waals surface area contributed by atoms with Crippen molar-refractivity contribution in [3.63, 3.8) is 0 Å². The number of fused-ring (bicyclic) bond motifs is 2. The quantitative estimate of drug-likeness (QED) is 0.497. The van der Waals surface area contributed by atoms with Gasteiger partial charge in [-0.2, -0.15) is 9.78 Å². The number of hydrogen-bond acceptors (Lipinski definition) is 7. The van der Waals surface area contributed by atoms with E-state index in [0.717, 1.165) is 4.88 Å². The summed E-state index contributed by atoms with van der Waals surface area (Å²) in [4.78, 5) is 13.3. The van der Waals surface area contributed by atoms with Crippen molar-refractivity contribution in [2.24, 2.45) is 0 Å². The van der Waals surface area contributed by atoms with Crippen LogP contribution in [0.1, 0.15) is 17.2 Å². The van der Waals surface area contributed by atoms with Crippen LogP contribution in [0.2, 0.25) is 0 Å². The Kier molecular flexibility index (Phi) is 3.19. The summed E-state index contributed by atoms with van der Waals surface area (Å²) < 4.78 is 15.4. The Hall–Kier alpha value is -3.40. The average molecular weight is 367 g/mol. The summed E-state index contributed by atoms with van der Waals surface area (Å²) >= 11 is 1.49. The van der Waals surface area contributed by atoms with Gasteiger partial charge in [-0.3, -0.25) is 4.79 Å². The Morgan fingerprint density at radius 3 is 2.96 bits per heavy atom. The maximum absolute atomic E-state index is 13.9. The van der Waals surface area contributed by atoms with Crippen molar-refractivity contribution in [1.29, 1.82) is 0 Å². The molecule has 0 bridgehead atoms. The second-order valence-corrected chi connectivity index (χ2v) is 6.64. The lowest BCUT2D eigenvalue weighted by Gasteiger charge is -2.27. The smallest absolute Gasteiger partial charge is 0.288 e. The van der Waals surface area contributed by atoms with Crippen molar-refractivity contribution in [3.8, 4) is 10.6 Å². The van der Waals surface area contributed by atoms with Crippen LogP contribution in [0.15, 0.2) is 46.6 Å². The standard InChI is InChI=1S/C16H10FN7OS/c17-9-4-1-3-8(7-9)14-11-12(10-5-2-6-26-10)19-20-15(25)13(11)18-16-21-22-23-24(14)16/h1-7,14H,(H,20,25)(H,18,21,23)/t14-/m0/s1. The van der Waals surface area contributed by atoms with Gasteiger partial charge in [-0.15, -0.1) is 11.3 Å². The SMILES string of the molecule is O=c1[nH]nc(-c2cccs2)c2c1Nc1nnnn1[C@H]2c1cccc(F)c1. The Morgan fingerprint density at radius 2 is 2.15 bits per heavy atom. The summed E-state index contributed by atoms with van der Waals surface area (Å²) in [6.07, 6.45) is 0. The molecular weight excluding hydrogens is 357 g/mol. The van der Waals surface area contributed by atoms with E-state index in [-0.39, 0.29) is 5.82 Å². The molecule has 1 aliphatic heterocycles. The fourth-order valence-corrected chi connectivity index (χ4v) is 3.85. The molecule has 8 nitrogen and oxygen atoms in total. The lowest BCUT2D eigenvalue weighted by molar-refractivity contribution is 0.560. The van der Waals surface area contributed by atoms with E-state index < -0.39 is 11.6 Å². The van der Waals surface area contributed by atoms with Gasteiger partial charge in [0.05, 0.1) is 4.88 Å². The molecule has 1 atom stereocenters. The first-order chi connectivity index (χ1) is 12.7. The van der Waals surface area contributed by atoms with Gasteiger partial charge in [0.2, 0.25) is 5.95 Å². The van der Waals surface area contributed by atoms with E-state index >= 15 is 0 Å². The highest BCUT2D eigenvalue weighted by Crippen LogP contribution is 2.41. The van der Waals surface area contributed by atoms with Crippen LogP contribution in [0.5, 0.6) is 0 Å². The second-order valence-electron chi connectivity index (χ2n) is 5.70. The molecule has 1 aliphatic rings. The number of aromatic amines is 1. The van der Waals surface area contributed by atoms with Gasteiger partial charge >= 0.3 is 0 Å². The predicted molar refractivity (Wildman–Crippen MR) is 92.9 cm³/mol. The third kappa shape index (κ3) is 2.15. The fraction of sp³-hybridized carbons (Fsp3) is 0.0625. The van der Waals surface area contributed by atoms with Crippen LogP contribution < -0.4 is 10.9 Å². The summed E-state index contributed by atoms with van der Waals surface area (Å²) in [6.45, 7) is 0. The molecule has 0 aliphatic carbocycles. The van der Waals surface area contributed by atoms with Crippen LogP contribution in [0.25, 0.3) is 10.6 Å².